The van der Waals surface area contributed by atoms with E-state index >= 15 is 0 Å². The summed E-state index contributed by atoms with van der Waals surface area (Å²) in [5.41, 5.74) is 12.9. The molecule has 6 nitrogen and oxygen atoms in total. The number of benzene rings is 2. The number of aryl methyl sites for hydroxylation is 1. The zero-order chi connectivity index (χ0) is 18.5. The van der Waals surface area contributed by atoms with Gasteiger partial charge < -0.3 is 0 Å². The predicted molar refractivity (Wildman–Crippen MR) is 98.7 cm³/mol. The fourth-order valence-corrected chi connectivity index (χ4v) is 4.77. The molecule has 0 bridgehead atoms. The molecule has 2 aliphatic heterocycles. The number of hydrogen-bond donors (Lipinski definition) is 1. The van der Waals surface area contributed by atoms with Crippen molar-refractivity contribution < 1.29 is 28.2 Å². The average molecular weight is 473 g/mol. The minimum absolute atomic E-state index is 0.701. The summed E-state index contributed by atoms with van der Waals surface area (Å²) < 4.78 is 13.4. The fraction of sp³-hybridized carbons (Fsp3) is 0.200. The summed E-state index contributed by atoms with van der Waals surface area (Å²) in [6, 6.07) is 12.0. The summed E-state index contributed by atoms with van der Waals surface area (Å²) in [5.74, 6) is 2.58. The van der Waals surface area contributed by atoms with Crippen LogP contribution >= 0.6 is 0 Å². The van der Waals surface area contributed by atoms with Crippen molar-refractivity contribution in [2.75, 3.05) is 5.73 Å². The molecule has 0 spiro atoms. The van der Waals surface area contributed by atoms with Gasteiger partial charge >= 0.3 is 169 Å². The van der Waals surface area contributed by atoms with Crippen molar-refractivity contribution in [3.63, 3.8) is 0 Å². The van der Waals surface area contributed by atoms with Crippen molar-refractivity contribution >= 4 is 11.4 Å². The molecule has 1 aromatic heterocycles. The molecule has 0 aliphatic carbocycles. The molecule has 0 saturated carbocycles. The standard InChI is InChI=1S/C20H18IN4O2/c1-3-16-11(2)23-19-9-13-8-17-18(27-21-26-17)10-15(13)20(24-25(16)19)12-4-6-14(22)7-5-12/h4-8,10H,3,9,22H2,1-2H3/q-1. The Morgan fingerprint density at radius 2 is 1.89 bits per heavy atom. The molecule has 7 heteroatoms. The van der Waals surface area contributed by atoms with Gasteiger partial charge in [0.15, 0.2) is 0 Å². The quantitative estimate of drug-likeness (QED) is 0.334. The van der Waals surface area contributed by atoms with Crippen LogP contribution in [-0.4, -0.2) is 15.4 Å². The summed E-state index contributed by atoms with van der Waals surface area (Å²) in [4.78, 5) is 4.79. The molecule has 27 heavy (non-hydrogen) atoms. The van der Waals surface area contributed by atoms with E-state index < -0.39 is 22.0 Å². The first-order valence-corrected chi connectivity index (χ1v) is 10.6. The summed E-state index contributed by atoms with van der Waals surface area (Å²) in [5, 5.41) is 5.04. The second-order valence-electron chi connectivity index (χ2n) is 6.65. The van der Waals surface area contributed by atoms with Crippen LogP contribution in [-0.2, 0) is 12.8 Å². The van der Waals surface area contributed by atoms with E-state index in [2.05, 4.69) is 19.1 Å². The maximum atomic E-state index is 5.89. The molecular formula is C20H18IN4O2-. The zero-order valence-corrected chi connectivity index (χ0v) is 17.1. The van der Waals surface area contributed by atoms with E-state index in [-0.39, 0.29) is 0 Å². The summed E-state index contributed by atoms with van der Waals surface area (Å²) in [7, 11) is 0. The van der Waals surface area contributed by atoms with Gasteiger partial charge in [0.1, 0.15) is 0 Å². The molecule has 2 aromatic carbocycles. The van der Waals surface area contributed by atoms with E-state index in [1.807, 2.05) is 35.9 Å². The Kier molecular flexibility index (Phi) is 3.85. The van der Waals surface area contributed by atoms with Crippen LogP contribution in [0.3, 0.4) is 0 Å². The van der Waals surface area contributed by atoms with Crippen molar-refractivity contribution in [2.24, 2.45) is 5.10 Å². The van der Waals surface area contributed by atoms with E-state index in [0.29, 0.717) is 6.42 Å². The van der Waals surface area contributed by atoms with Gasteiger partial charge in [-0.1, -0.05) is 0 Å². The molecule has 0 fully saturated rings. The number of imidazole rings is 1. The average Bonchev–Trinajstić information content (AvgIpc) is 3.19. The Hall–Kier alpha value is -2.55. The molecule has 0 saturated heterocycles. The molecule has 0 radical (unpaired) electrons. The minimum atomic E-state index is -0.719. The van der Waals surface area contributed by atoms with E-state index in [0.717, 1.165) is 63.2 Å². The molecule has 0 atom stereocenters. The second kappa shape index (κ2) is 6.26. The normalized spacial score (nSPS) is 14.7. The van der Waals surface area contributed by atoms with Gasteiger partial charge in [-0.15, -0.1) is 0 Å². The number of nitrogens with two attached hydrogens (primary N) is 1. The van der Waals surface area contributed by atoms with Gasteiger partial charge in [-0.2, -0.15) is 0 Å². The third-order valence-corrected chi connectivity index (χ3v) is 6.24. The number of fused-ring (bicyclic) bond motifs is 3. The van der Waals surface area contributed by atoms with E-state index in [4.69, 9.17) is 22.0 Å². The number of halogens is 1. The summed E-state index contributed by atoms with van der Waals surface area (Å²) >= 11 is -0.719. The number of anilines is 1. The molecule has 5 rings (SSSR count). The summed E-state index contributed by atoms with van der Waals surface area (Å²) in [6.07, 6.45) is 1.58. The third-order valence-electron chi connectivity index (χ3n) is 4.94. The first kappa shape index (κ1) is 16.6. The van der Waals surface area contributed by atoms with Crippen LogP contribution in [0.4, 0.5) is 5.69 Å². The van der Waals surface area contributed by atoms with E-state index in [1.165, 1.54) is 0 Å². The molecule has 0 unspecified atom stereocenters. The number of rotatable bonds is 2. The molecular weight excluding hydrogens is 455 g/mol. The van der Waals surface area contributed by atoms with Gasteiger partial charge in [0.25, 0.3) is 0 Å². The van der Waals surface area contributed by atoms with Crippen LogP contribution in [0.1, 0.15) is 40.8 Å². The van der Waals surface area contributed by atoms with E-state index in [9.17, 15) is 0 Å². The monoisotopic (exact) mass is 473 g/mol. The Morgan fingerprint density at radius 1 is 1.15 bits per heavy atom. The first-order chi connectivity index (χ1) is 13.1. The molecule has 0 amide bonds. The molecule has 3 heterocycles. The number of nitrogens with zero attached hydrogens (tertiary/aromatic N) is 3. The van der Waals surface area contributed by atoms with Crippen LogP contribution in [0.25, 0.3) is 0 Å². The maximum absolute atomic E-state index is 5.89. The van der Waals surface area contributed by atoms with Gasteiger partial charge in [0.05, 0.1) is 0 Å². The Labute approximate surface area is 168 Å². The van der Waals surface area contributed by atoms with Crippen molar-refractivity contribution in [3.05, 3.63) is 70.3 Å². The van der Waals surface area contributed by atoms with Gasteiger partial charge in [0, 0.05) is 0 Å². The van der Waals surface area contributed by atoms with Gasteiger partial charge in [-0.05, 0) is 0 Å². The van der Waals surface area contributed by atoms with Crippen LogP contribution in [0, 0.1) is 6.92 Å². The van der Waals surface area contributed by atoms with Crippen LogP contribution in [0.5, 0.6) is 11.5 Å². The number of hydrogen-bond acceptors (Lipinski definition) is 5. The van der Waals surface area contributed by atoms with Crippen LogP contribution < -0.4 is 33.9 Å². The Morgan fingerprint density at radius 3 is 2.63 bits per heavy atom. The SMILES string of the molecule is CCc1c(C)nc2n1N=C(c1ccc(N)cc1)c1cc3c(cc1C2)O[I-]O3. The van der Waals surface area contributed by atoms with Gasteiger partial charge in [-0.3, -0.25) is 0 Å². The Balaban J connectivity index is 1.79. The topological polar surface area (TPSA) is 74.7 Å². The van der Waals surface area contributed by atoms with Crippen molar-refractivity contribution in [1.82, 2.24) is 9.66 Å². The van der Waals surface area contributed by atoms with Crippen LogP contribution in [0.15, 0.2) is 41.5 Å². The van der Waals surface area contributed by atoms with Crippen molar-refractivity contribution in [3.8, 4) is 11.5 Å². The second-order valence-corrected chi connectivity index (χ2v) is 7.89. The first-order valence-electron chi connectivity index (χ1n) is 8.82. The fourth-order valence-electron chi connectivity index (χ4n) is 3.60. The van der Waals surface area contributed by atoms with Crippen molar-refractivity contribution in [1.29, 1.82) is 0 Å². The predicted octanol–water partition coefficient (Wildman–Crippen LogP) is 0.231. The number of nitrogen functional groups attached to an aromatic ring is 1. The zero-order valence-electron chi connectivity index (χ0n) is 15.0. The summed E-state index contributed by atoms with van der Waals surface area (Å²) in [6.45, 7) is 4.18. The molecule has 138 valence electrons. The van der Waals surface area contributed by atoms with Gasteiger partial charge in [-0.25, -0.2) is 0 Å². The number of aromatic nitrogens is 2. The molecule has 3 aromatic rings. The van der Waals surface area contributed by atoms with E-state index in [1.54, 1.807) is 0 Å². The Bertz CT molecular complexity index is 1090. The van der Waals surface area contributed by atoms with Gasteiger partial charge in [0.2, 0.25) is 0 Å². The van der Waals surface area contributed by atoms with Crippen molar-refractivity contribution in [2.45, 2.75) is 26.7 Å². The third kappa shape index (κ3) is 2.68. The van der Waals surface area contributed by atoms with Crippen LogP contribution in [0.2, 0.25) is 0 Å². The molecule has 2 N–H and O–H groups in total. The molecule has 2 aliphatic rings.